The Balaban J connectivity index is 2.16. The lowest BCUT2D eigenvalue weighted by molar-refractivity contribution is 0.503. The van der Waals surface area contributed by atoms with Gasteiger partial charge in [-0.3, -0.25) is 0 Å². The normalized spacial score (nSPS) is 12.6. The van der Waals surface area contributed by atoms with Crippen molar-refractivity contribution < 1.29 is 4.42 Å². The Morgan fingerprint density at radius 3 is 2.50 bits per heavy atom. The summed E-state index contributed by atoms with van der Waals surface area (Å²) in [6.45, 7) is 9.55. The highest BCUT2D eigenvalue weighted by atomic mass is 16.3. The fourth-order valence-electron chi connectivity index (χ4n) is 2.44. The van der Waals surface area contributed by atoms with E-state index in [1.54, 1.807) is 0 Å². The monoisotopic (exact) mass is 271 g/mol. The number of nitrogens with one attached hydrogen (secondary N) is 1. The van der Waals surface area contributed by atoms with E-state index >= 15 is 0 Å². The van der Waals surface area contributed by atoms with E-state index in [4.69, 9.17) is 4.42 Å². The van der Waals surface area contributed by atoms with E-state index in [9.17, 15) is 0 Å². The molecule has 0 aliphatic carbocycles. The molecule has 0 fully saturated rings. The van der Waals surface area contributed by atoms with Crippen LogP contribution in [0.3, 0.4) is 0 Å². The van der Waals surface area contributed by atoms with Crippen molar-refractivity contribution in [2.45, 2.75) is 46.6 Å². The second-order valence-electron chi connectivity index (χ2n) is 5.62. The molecule has 0 amide bonds. The van der Waals surface area contributed by atoms with Crippen LogP contribution in [0.5, 0.6) is 0 Å². The van der Waals surface area contributed by atoms with Crippen molar-refractivity contribution in [2.24, 2.45) is 0 Å². The van der Waals surface area contributed by atoms with Crippen LogP contribution in [0, 0.1) is 20.8 Å². The summed E-state index contributed by atoms with van der Waals surface area (Å²) in [5.74, 6) is 0.975. The van der Waals surface area contributed by atoms with Crippen LogP contribution < -0.4 is 5.32 Å². The van der Waals surface area contributed by atoms with Crippen molar-refractivity contribution in [2.75, 3.05) is 6.54 Å². The van der Waals surface area contributed by atoms with Crippen molar-refractivity contribution >= 4 is 0 Å². The van der Waals surface area contributed by atoms with Gasteiger partial charge in [-0.2, -0.15) is 0 Å². The molecule has 0 spiro atoms. The molecule has 1 aromatic carbocycles. The first kappa shape index (κ1) is 14.9. The summed E-state index contributed by atoms with van der Waals surface area (Å²) >= 11 is 0. The molecule has 2 nitrogen and oxygen atoms in total. The Morgan fingerprint density at radius 1 is 1.10 bits per heavy atom. The average molecular weight is 271 g/mol. The summed E-state index contributed by atoms with van der Waals surface area (Å²) in [4.78, 5) is 0. The Hall–Kier alpha value is -1.54. The predicted molar refractivity (Wildman–Crippen MR) is 84.1 cm³/mol. The van der Waals surface area contributed by atoms with E-state index in [-0.39, 0.29) is 0 Å². The molecule has 2 rings (SSSR count). The molecule has 1 aromatic heterocycles. The van der Waals surface area contributed by atoms with Crippen LogP contribution >= 0.6 is 0 Å². The third kappa shape index (κ3) is 3.73. The molecular formula is C18H25NO. The van der Waals surface area contributed by atoms with Gasteiger partial charge in [0, 0.05) is 11.6 Å². The minimum atomic E-state index is 0.328. The summed E-state index contributed by atoms with van der Waals surface area (Å²) < 4.78 is 5.47. The summed E-state index contributed by atoms with van der Waals surface area (Å²) in [6.07, 6.45) is 4.02. The molecule has 0 saturated carbocycles. The van der Waals surface area contributed by atoms with E-state index in [2.05, 4.69) is 50.4 Å². The minimum Gasteiger partial charge on any atom is -0.469 e. The van der Waals surface area contributed by atoms with Gasteiger partial charge in [-0.25, -0.2) is 0 Å². The summed E-state index contributed by atoms with van der Waals surface area (Å²) in [5.41, 5.74) is 5.33. The van der Waals surface area contributed by atoms with E-state index < -0.39 is 0 Å². The highest BCUT2D eigenvalue weighted by molar-refractivity contribution is 5.31. The molecule has 1 unspecified atom stereocenters. The third-order valence-electron chi connectivity index (χ3n) is 3.81. The second-order valence-corrected chi connectivity index (χ2v) is 5.62. The molecule has 1 atom stereocenters. The van der Waals surface area contributed by atoms with Gasteiger partial charge >= 0.3 is 0 Å². The van der Waals surface area contributed by atoms with Crippen LogP contribution in [0.25, 0.3) is 0 Å². The zero-order valence-electron chi connectivity index (χ0n) is 13.0. The maximum Gasteiger partial charge on any atom is 0.101 e. The smallest absolute Gasteiger partial charge is 0.101 e. The SMILES string of the molecule is CCCNC(Cc1ccc(C)c(C)c1)c1coc(C)c1. The molecule has 1 heterocycles. The second kappa shape index (κ2) is 6.76. The van der Waals surface area contributed by atoms with Crippen LogP contribution in [0.2, 0.25) is 0 Å². The maximum atomic E-state index is 5.47. The topological polar surface area (TPSA) is 25.2 Å². The Labute approximate surface area is 122 Å². The van der Waals surface area contributed by atoms with Crippen LogP contribution in [0.1, 0.15) is 47.4 Å². The van der Waals surface area contributed by atoms with Gasteiger partial charge in [-0.05, 0) is 62.9 Å². The van der Waals surface area contributed by atoms with E-state index in [0.717, 1.165) is 25.1 Å². The molecule has 0 bridgehead atoms. The molecular weight excluding hydrogens is 246 g/mol. The summed E-state index contributed by atoms with van der Waals surface area (Å²) in [5, 5.41) is 3.62. The third-order valence-corrected chi connectivity index (χ3v) is 3.81. The van der Waals surface area contributed by atoms with Crippen LogP contribution in [0.15, 0.2) is 34.9 Å². The lowest BCUT2D eigenvalue weighted by atomic mass is 9.97. The van der Waals surface area contributed by atoms with Gasteiger partial charge in [-0.15, -0.1) is 0 Å². The van der Waals surface area contributed by atoms with Crippen molar-refractivity contribution in [1.82, 2.24) is 5.32 Å². The maximum absolute atomic E-state index is 5.47. The number of furan rings is 1. The molecule has 108 valence electrons. The standard InChI is InChI=1S/C18H25NO/c1-5-8-19-18(17-10-15(4)20-12-17)11-16-7-6-13(2)14(3)9-16/h6-7,9-10,12,18-19H,5,8,11H2,1-4H3. The molecule has 0 aliphatic heterocycles. The lowest BCUT2D eigenvalue weighted by Crippen LogP contribution is -2.23. The number of aryl methyl sites for hydroxylation is 3. The molecule has 0 saturated heterocycles. The van der Waals surface area contributed by atoms with Gasteiger partial charge in [0.15, 0.2) is 0 Å². The van der Waals surface area contributed by atoms with Crippen LogP contribution in [-0.4, -0.2) is 6.54 Å². The van der Waals surface area contributed by atoms with Crippen molar-refractivity contribution in [3.63, 3.8) is 0 Å². The Bertz CT molecular complexity index is 556. The zero-order chi connectivity index (χ0) is 14.5. The highest BCUT2D eigenvalue weighted by Crippen LogP contribution is 2.22. The quantitative estimate of drug-likeness (QED) is 0.837. The Morgan fingerprint density at radius 2 is 1.90 bits per heavy atom. The minimum absolute atomic E-state index is 0.328. The van der Waals surface area contributed by atoms with Crippen LogP contribution in [-0.2, 0) is 6.42 Å². The number of hydrogen-bond donors (Lipinski definition) is 1. The van der Waals surface area contributed by atoms with Crippen LogP contribution in [0.4, 0.5) is 0 Å². The number of benzene rings is 1. The average Bonchev–Trinajstić information content (AvgIpc) is 2.85. The van der Waals surface area contributed by atoms with E-state index in [0.29, 0.717) is 6.04 Å². The van der Waals surface area contributed by atoms with Crippen molar-refractivity contribution in [3.8, 4) is 0 Å². The molecule has 2 heteroatoms. The molecule has 0 aliphatic rings. The van der Waals surface area contributed by atoms with E-state index in [1.165, 1.54) is 22.3 Å². The molecule has 2 aromatic rings. The van der Waals surface area contributed by atoms with Crippen molar-refractivity contribution in [3.05, 3.63) is 58.5 Å². The number of rotatable bonds is 6. The van der Waals surface area contributed by atoms with Gasteiger partial charge in [0.25, 0.3) is 0 Å². The van der Waals surface area contributed by atoms with E-state index in [1.807, 2.05) is 13.2 Å². The van der Waals surface area contributed by atoms with Gasteiger partial charge in [0.1, 0.15) is 5.76 Å². The van der Waals surface area contributed by atoms with Gasteiger partial charge < -0.3 is 9.73 Å². The fraction of sp³-hybridized carbons (Fsp3) is 0.444. The largest absolute Gasteiger partial charge is 0.469 e. The highest BCUT2D eigenvalue weighted by Gasteiger charge is 2.14. The first-order valence-corrected chi connectivity index (χ1v) is 7.44. The number of hydrogen-bond acceptors (Lipinski definition) is 2. The fourth-order valence-corrected chi connectivity index (χ4v) is 2.44. The zero-order valence-corrected chi connectivity index (χ0v) is 13.0. The lowest BCUT2D eigenvalue weighted by Gasteiger charge is -2.18. The summed E-state index contributed by atoms with van der Waals surface area (Å²) in [6, 6.07) is 9.20. The molecule has 0 radical (unpaired) electrons. The molecule has 20 heavy (non-hydrogen) atoms. The first-order valence-electron chi connectivity index (χ1n) is 7.44. The predicted octanol–water partition coefficient (Wildman–Crippen LogP) is 4.49. The van der Waals surface area contributed by atoms with Gasteiger partial charge in [-0.1, -0.05) is 25.1 Å². The van der Waals surface area contributed by atoms with Gasteiger partial charge in [0.05, 0.1) is 6.26 Å². The van der Waals surface area contributed by atoms with Crippen molar-refractivity contribution in [1.29, 1.82) is 0 Å². The first-order chi connectivity index (χ1) is 9.60. The Kier molecular flexibility index (Phi) is 5.02. The molecule has 1 N–H and O–H groups in total. The summed E-state index contributed by atoms with van der Waals surface area (Å²) in [7, 11) is 0. The van der Waals surface area contributed by atoms with Gasteiger partial charge in [0.2, 0.25) is 0 Å².